The molecule has 0 atom stereocenters. The van der Waals surface area contributed by atoms with Gasteiger partial charge in [0.15, 0.2) is 5.78 Å². The molecule has 3 nitrogen and oxygen atoms in total. The van der Waals surface area contributed by atoms with Gasteiger partial charge in [-0.2, -0.15) is 0 Å². The Balaban J connectivity index is 2.23. The van der Waals surface area contributed by atoms with Gasteiger partial charge in [0.1, 0.15) is 0 Å². The molecule has 0 saturated heterocycles. The molecule has 3 rings (SSSR count). The van der Waals surface area contributed by atoms with Gasteiger partial charge in [0.2, 0.25) is 5.78 Å². The summed E-state index contributed by atoms with van der Waals surface area (Å²) in [4.78, 5) is 25.9. The van der Waals surface area contributed by atoms with Crippen LogP contribution in [0, 0.1) is 6.92 Å². The second kappa shape index (κ2) is 5.84. The van der Waals surface area contributed by atoms with E-state index < -0.39 is 0 Å². The smallest absolute Gasteiger partial charge is 0.210 e. The minimum atomic E-state index is -0.121. The Morgan fingerprint density at radius 1 is 0.826 bits per heavy atom. The van der Waals surface area contributed by atoms with Crippen molar-refractivity contribution in [1.29, 1.82) is 0 Å². The molecular formula is C20H19NO2. The third-order valence-electron chi connectivity index (χ3n) is 3.89. The van der Waals surface area contributed by atoms with E-state index >= 15 is 0 Å². The molecule has 2 aromatic carbocycles. The second-order valence-electron chi connectivity index (χ2n) is 6.12. The van der Waals surface area contributed by atoms with E-state index in [-0.39, 0.29) is 17.6 Å². The highest BCUT2D eigenvalue weighted by atomic mass is 16.1. The van der Waals surface area contributed by atoms with Crippen LogP contribution < -0.4 is 5.32 Å². The first-order chi connectivity index (χ1) is 11.0. The maximum atomic E-state index is 13.0. The lowest BCUT2D eigenvalue weighted by molar-refractivity contribution is 0.0984. The Morgan fingerprint density at radius 2 is 1.39 bits per heavy atom. The second-order valence-corrected chi connectivity index (χ2v) is 6.12. The van der Waals surface area contributed by atoms with Crippen LogP contribution in [0.1, 0.15) is 45.7 Å². The Labute approximate surface area is 136 Å². The van der Waals surface area contributed by atoms with E-state index in [1.165, 1.54) is 0 Å². The van der Waals surface area contributed by atoms with Crippen LogP contribution >= 0.6 is 0 Å². The van der Waals surface area contributed by atoms with Crippen molar-refractivity contribution >= 4 is 17.1 Å². The Kier molecular flexibility index (Phi) is 3.87. The molecule has 0 fully saturated rings. The minimum Gasteiger partial charge on any atom is -0.379 e. The summed E-state index contributed by atoms with van der Waals surface area (Å²) < 4.78 is 0. The zero-order valence-electron chi connectivity index (χ0n) is 13.5. The SMILES string of the molecule is Cc1ccc(C2=C(NC(C)C)C(=O)c3ccccc3C2=O)cc1. The highest BCUT2D eigenvalue weighted by Crippen LogP contribution is 2.31. The van der Waals surface area contributed by atoms with E-state index in [1.54, 1.807) is 24.3 Å². The van der Waals surface area contributed by atoms with E-state index in [1.807, 2.05) is 45.0 Å². The highest BCUT2D eigenvalue weighted by molar-refractivity contribution is 6.40. The van der Waals surface area contributed by atoms with E-state index in [4.69, 9.17) is 0 Å². The molecule has 2 aromatic rings. The number of benzene rings is 2. The summed E-state index contributed by atoms with van der Waals surface area (Å²) in [6.07, 6.45) is 0. The summed E-state index contributed by atoms with van der Waals surface area (Å²) >= 11 is 0. The van der Waals surface area contributed by atoms with Crippen molar-refractivity contribution in [2.75, 3.05) is 0 Å². The maximum Gasteiger partial charge on any atom is 0.210 e. The van der Waals surface area contributed by atoms with Gasteiger partial charge in [0.25, 0.3) is 0 Å². The molecule has 0 saturated carbocycles. The number of rotatable bonds is 3. The number of hydrogen-bond donors (Lipinski definition) is 1. The van der Waals surface area contributed by atoms with Crippen LogP contribution in [0.3, 0.4) is 0 Å². The van der Waals surface area contributed by atoms with Crippen LogP contribution in [-0.4, -0.2) is 17.6 Å². The van der Waals surface area contributed by atoms with Crippen molar-refractivity contribution in [3.05, 3.63) is 76.5 Å². The Hall–Kier alpha value is -2.68. The first kappa shape index (κ1) is 15.2. The Bertz CT molecular complexity index is 814. The van der Waals surface area contributed by atoms with Crippen molar-refractivity contribution in [2.45, 2.75) is 26.8 Å². The largest absolute Gasteiger partial charge is 0.379 e. The summed E-state index contributed by atoms with van der Waals surface area (Å²) in [5, 5.41) is 3.18. The number of allylic oxidation sites excluding steroid dienone is 2. The average molecular weight is 305 g/mol. The lowest BCUT2D eigenvalue weighted by Crippen LogP contribution is -2.33. The van der Waals surface area contributed by atoms with Crippen LogP contribution in [0.4, 0.5) is 0 Å². The van der Waals surface area contributed by atoms with Gasteiger partial charge in [-0.25, -0.2) is 0 Å². The third-order valence-corrected chi connectivity index (χ3v) is 3.89. The van der Waals surface area contributed by atoms with E-state index in [2.05, 4.69) is 5.32 Å². The number of carbonyl (C=O) groups excluding carboxylic acids is 2. The molecule has 0 unspecified atom stereocenters. The lowest BCUT2D eigenvalue weighted by Gasteiger charge is -2.23. The predicted octanol–water partition coefficient (Wildman–Crippen LogP) is 3.78. The van der Waals surface area contributed by atoms with Gasteiger partial charge in [0.05, 0.1) is 11.3 Å². The lowest BCUT2D eigenvalue weighted by atomic mass is 9.83. The summed E-state index contributed by atoms with van der Waals surface area (Å²) in [5.41, 5.74) is 3.68. The normalized spacial score (nSPS) is 14.3. The molecular weight excluding hydrogens is 286 g/mol. The molecule has 0 bridgehead atoms. The van der Waals surface area contributed by atoms with Crippen molar-refractivity contribution < 1.29 is 9.59 Å². The van der Waals surface area contributed by atoms with Gasteiger partial charge in [-0.15, -0.1) is 0 Å². The summed E-state index contributed by atoms with van der Waals surface area (Å²) in [6.45, 7) is 5.91. The molecule has 1 aliphatic rings. The molecule has 0 amide bonds. The van der Waals surface area contributed by atoms with Gasteiger partial charge in [-0.3, -0.25) is 9.59 Å². The third kappa shape index (κ3) is 2.70. The molecule has 0 radical (unpaired) electrons. The van der Waals surface area contributed by atoms with Crippen LogP contribution in [-0.2, 0) is 0 Å². The first-order valence-corrected chi connectivity index (χ1v) is 7.75. The van der Waals surface area contributed by atoms with Crippen molar-refractivity contribution in [1.82, 2.24) is 5.32 Å². The summed E-state index contributed by atoms with van der Waals surface area (Å²) in [6, 6.07) is 14.8. The number of ketones is 2. The van der Waals surface area contributed by atoms with Gasteiger partial charge in [-0.05, 0) is 26.3 Å². The van der Waals surface area contributed by atoms with Crippen molar-refractivity contribution in [2.24, 2.45) is 0 Å². The molecule has 116 valence electrons. The van der Waals surface area contributed by atoms with E-state index in [0.29, 0.717) is 22.4 Å². The molecule has 1 aliphatic carbocycles. The number of aryl methyl sites for hydroxylation is 1. The van der Waals surface area contributed by atoms with Gasteiger partial charge >= 0.3 is 0 Å². The van der Waals surface area contributed by atoms with E-state index in [9.17, 15) is 9.59 Å². The molecule has 0 spiro atoms. The molecule has 0 aliphatic heterocycles. The number of hydrogen-bond acceptors (Lipinski definition) is 3. The van der Waals surface area contributed by atoms with Crippen LogP contribution in [0.5, 0.6) is 0 Å². The van der Waals surface area contributed by atoms with Crippen molar-refractivity contribution in [3.63, 3.8) is 0 Å². The van der Waals surface area contributed by atoms with Gasteiger partial charge in [0, 0.05) is 17.2 Å². The molecule has 1 N–H and O–H groups in total. The molecule has 0 heterocycles. The van der Waals surface area contributed by atoms with Gasteiger partial charge < -0.3 is 5.32 Å². The summed E-state index contributed by atoms with van der Waals surface area (Å²) in [7, 11) is 0. The van der Waals surface area contributed by atoms with E-state index in [0.717, 1.165) is 11.1 Å². The molecule has 23 heavy (non-hydrogen) atoms. The van der Waals surface area contributed by atoms with Crippen LogP contribution in [0.2, 0.25) is 0 Å². The minimum absolute atomic E-state index is 0.0625. The topological polar surface area (TPSA) is 46.2 Å². The van der Waals surface area contributed by atoms with Crippen LogP contribution in [0.25, 0.3) is 5.57 Å². The standard InChI is InChI=1S/C20H19NO2/c1-12(2)21-18-17(14-10-8-13(3)9-11-14)19(22)15-6-4-5-7-16(15)20(18)23/h4-12,21H,1-3H3. The first-order valence-electron chi connectivity index (χ1n) is 7.75. The average Bonchev–Trinajstić information content (AvgIpc) is 2.54. The quantitative estimate of drug-likeness (QED) is 0.938. The number of nitrogens with one attached hydrogen (secondary N) is 1. The summed E-state index contributed by atoms with van der Waals surface area (Å²) in [5.74, 6) is -0.225. The maximum absolute atomic E-state index is 13.0. The predicted molar refractivity (Wildman–Crippen MR) is 91.5 cm³/mol. The van der Waals surface area contributed by atoms with Crippen molar-refractivity contribution in [3.8, 4) is 0 Å². The van der Waals surface area contributed by atoms with Crippen LogP contribution in [0.15, 0.2) is 54.2 Å². The monoisotopic (exact) mass is 305 g/mol. The fraction of sp³-hybridized carbons (Fsp3) is 0.200. The number of carbonyl (C=O) groups is 2. The highest BCUT2D eigenvalue weighted by Gasteiger charge is 2.32. The van der Waals surface area contributed by atoms with Gasteiger partial charge in [-0.1, -0.05) is 54.1 Å². The molecule has 3 heteroatoms. The zero-order valence-corrected chi connectivity index (χ0v) is 13.5. The fourth-order valence-electron chi connectivity index (χ4n) is 2.80. The molecule has 0 aromatic heterocycles. The Morgan fingerprint density at radius 3 is 1.96 bits per heavy atom. The zero-order chi connectivity index (χ0) is 16.6. The number of Topliss-reactive ketones (excluding diaryl/α,β-unsaturated/α-hetero) is 2. The number of fused-ring (bicyclic) bond motifs is 1. The fourth-order valence-corrected chi connectivity index (χ4v) is 2.80.